The SMILES string of the molecule is O=C1C=C(O)CC(CO)O1. The highest BCUT2D eigenvalue weighted by atomic mass is 16.6. The number of carbonyl (C=O) groups is 1. The Labute approximate surface area is 57.7 Å². The van der Waals surface area contributed by atoms with E-state index in [0.717, 1.165) is 6.08 Å². The van der Waals surface area contributed by atoms with Crippen molar-refractivity contribution < 1.29 is 19.7 Å². The normalized spacial score (nSPS) is 25.5. The minimum atomic E-state index is -0.595. The van der Waals surface area contributed by atoms with Crippen LogP contribution in [0.4, 0.5) is 0 Å². The smallest absolute Gasteiger partial charge is 0.334 e. The standard InChI is InChI=1S/C6H8O4/c7-3-5-1-4(8)2-6(9)10-5/h2,5,7-8H,1,3H2. The fourth-order valence-corrected chi connectivity index (χ4v) is 0.770. The lowest BCUT2D eigenvalue weighted by Gasteiger charge is -2.17. The molecule has 4 heteroatoms. The van der Waals surface area contributed by atoms with Gasteiger partial charge in [-0.25, -0.2) is 4.79 Å². The number of cyclic esters (lactones) is 1. The van der Waals surface area contributed by atoms with Crippen LogP contribution < -0.4 is 0 Å². The van der Waals surface area contributed by atoms with E-state index in [9.17, 15) is 4.79 Å². The van der Waals surface area contributed by atoms with Crippen molar-refractivity contribution >= 4 is 5.97 Å². The first-order valence-electron chi connectivity index (χ1n) is 2.93. The lowest BCUT2D eigenvalue weighted by Crippen LogP contribution is -2.25. The van der Waals surface area contributed by atoms with E-state index in [1.807, 2.05) is 0 Å². The molecular weight excluding hydrogens is 136 g/mol. The van der Waals surface area contributed by atoms with Crippen LogP contribution in [0.25, 0.3) is 0 Å². The average molecular weight is 144 g/mol. The Kier molecular flexibility index (Phi) is 1.91. The topological polar surface area (TPSA) is 66.8 Å². The van der Waals surface area contributed by atoms with Crippen molar-refractivity contribution in [1.29, 1.82) is 0 Å². The number of rotatable bonds is 1. The van der Waals surface area contributed by atoms with Crippen LogP contribution in [-0.4, -0.2) is 28.9 Å². The van der Waals surface area contributed by atoms with Crippen molar-refractivity contribution in [3.8, 4) is 0 Å². The molecule has 0 aliphatic carbocycles. The number of ether oxygens (including phenoxy) is 1. The van der Waals surface area contributed by atoms with Gasteiger partial charge in [0.05, 0.1) is 12.7 Å². The molecule has 0 saturated carbocycles. The van der Waals surface area contributed by atoms with Gasteiger partial charge in [0.25, 0.3) is 0 Å². The third-order valence-corrected chi connectivity index (χ3v) is 1.21. The minimum Gasteiger partial charge on any atom is -0.512 e. The van der Waals surface area contributed by atoms with Crippen LogP contribution in [0.15, 0.2) is 11.8 Å². The average Bonchev–Trinajstić information content (AvgIpc) is 1.85. The van der Waals surface area contributed by atoms with E-state index in [1.165, 1.54) is 0 Å². The van der Waals surface area contributed by atoms with Crippen LogP contribution >= 0.6 is 0 Å². The molecule has 0 spiro atoms. The molecule has 0 fully saturated rings. The maximum atomic E-state index is 10.5. The van der Waals surface area contributed by atoms with E-state index < -0.39 is 12.1 Å². The Morgan fingerprint density at radius 3 is 3.00 bits per heavy atom. The number of carbonyl (C=O) groups excluding carboxylic acids is 1. The predicted octanol–water partition coefficient (Wildman–Crippen LogP) is -0.264. The second-order valence-corrected chi connectivity index (χ2v) is 2.08. The lowest BCUT2D eigenvalue weighted by atomic mass is 10.2. The molecule has 0 radical (unpaired) electrons. The monoisotopic (exact) mass is 144 g/mol. The van der Waals surface area contributed by atoms with Gasteiger partial charge in [-0.15, -0.1) is 0 Å². The number of aliphatic hydroxyl groups is 2. The predicted molar refractivity (Wildman–Crippen MR) is 32.3 cm³/mol. The lowest BCUT2D eigenvalue weighted by molar-refractivity contribution is -0.147. The molecule has 1 aliphatic heterocycles. The van der Waals surface area contributed by atoms with Crippen LogP contribution in [0, 0.1) is 0 Å². The molecule has 1 heterocycles. The molecular formula is C6H8O4. The molecule has 1 aliphatic rings. The summed E-state index contributed by atoms with van der Waals surface area (Å²) in [6, 6.07) is 0. The Morgan fingerprint density at radius 2 is 2.50 bits per heavy atom. The number of hydrogen-bond acceptors (Lipinski definition) is 4. The first kappa shape index (κ1) is 7.08. The maximum absolute atomic E-state index is 10.5. The summed E-state index contributed by atoms with van der Waals surface area (Å²) in [7, 11) is 0. The van der Waals surface area contributed by atoms with Crippen molar-refractivity contribution in [3.05, 3.63) is 11.8 Å². The van der Waals surface area contributed by atoms with Gasteiger partial charge < -0.3 is 14.9 Å². The highest BCUT2D eigenvalue weighted by molar-refractivity contribution is 5.83. The first-order valence-corrected chi connectivity index (χ1v) is 2.93. The van der Waals surface area contributed by atoms with Gasteiger partial charge in [0.1, 0.15) is 11.9 Å². The number of hydrogen-bond donors (Lipinski definition) is 2. The zero-order chi connectivity index (χ0) is 7.56. The molecule has 0 amide bonds. The fourth-order valence-electron chi connectivity index (χ4n) is 0.770. The summed E-state index contributed by atoms with van der Waals surface area (Å²) < 4.78 is 4.58. The van der Waals surface area contributed by atoms with Crippen LogP contribution in [-0.2, 0) is 9.53 Å². The van der Waals surface area contributed by atoms with Gasteiger partial charge in [0, 0.05) is 6.42 Å². The zero-order valence-electron chi connectivity index (χ0n) is 5.28. The molecule has 10 heavy (non-hydrogen) atoms. The summed E-state index contributed by atoms with van der Waals surface area (Å²) >= 11 is 0. The summed E-state index contributed by atoms with van der Waals surface area (Å²) in [4.78, 5) is 10.5. The summed E-state index contributed by atoms with van der Waals surface area (Å²) in [5.74, 6) is -0.627. The Morgan fingerprint density at radius 1 is 1.80 bits per heavy atom. The van der Waals surface area contributed by atoms with Gasteiger partial charge in [-0.2, -0.15) is 0 Å². The molecule has 0 saturated heterocycles. The highest BCUT2D eigenvalue weighted by Gasteiger charge is 2.19. The zero-order valence-corrected chi connectivity index (χ0v) is 5.28. The third kappa shape index (κ3) is 1.48. The second kappa shape index (κ2) is 2.70. The molecule has 0 aromatic carbocycles. The number of aliphatic hydroxyl groups excluding tert-OH is 2. The van der Waals surface area contributed by atoms with Gasteiger partial charge in [-0.3, -0.25) is 0 Å². The van der Waals surface area contributed by atoms with Gasteiger partial charge >= 0.3 is 5.97 Å². The van der Waals surface area contributed by atoms with Gasteiger partial charge in [0.15, 0.2) is 0 Å². The van der Waals surface area contributed by atoms with Crippen molar-refractivity contribution in [1.82, 2.24) is 0 Å². The van der Waals surface area contributed by atoms with Gasteiger partial charge in [-0.05, 0) is 0 Å². The van der Waals surface area contributed by atoms with Crippen molar-refractivity contribution in [2.45, 2.75) is 12.5 Å². The van der Waals surface area contributed by atoms with Crippen LogP contribution in [0.5, 0.6) is 0 Å². The summed E-state index contributed by atoms with van der Waals surface area (Å²) in [6.07, 6.45) is 0.645. The molecule has 4 nitrogen and oxygen atoms in total. The van der Waals surface area contributed by atoms with Crippen LogP contribution in [0.2, 0.25) is 0 Å². The Hall–Kier alpha value is -1.03. The van der Waals surface area contributed by atoms with E-state index in [4.69, 9.17) is 10.2 Å². The van der Waals surface area contributed by atoms with Gasteiger partial charge in [-0.1, -0.05) is 0 Å². The minimum absolute atomic E-state index is 0.0321. The summed E-state index contributed by atoms with van der Waals surface area (Å²) in [5.41, 5.74) is 0. The fraction of sp³-hybridized carbons (Fsp3) is 0.500. The van der Waals surface area contributed by atoms with Crippen molar-refractivity contribution in [3.63, 3.8) is 0 Å². The molecule has 0 aromatic rings. The second-order valence-electron chi connectivity index (χ2n) is 2.08. The quantitative estimate of drug-likeness (QED) is 0.497. The molecule has 0 aromatic heterocycles. The molecule has 1 unspecified atom stereocenters. The maximum Gasteiger partial charge on any atom is 0.334 e. The largest absolute Gasteiger partial charge is 0.512 e. The van der Waals surface area contributed by atoms with Crippen LogP contribution in [0.3, 0.4) is 0 Å². The number of esters is 1. The Bertz CT molecular complexity index is 173. The Balaban J connectivity index is 2.60. The van der Waals surface area contributed by atoms with Crippen molar-refractivity contribution in [2.75, 3.05) is 6.61 Å². The molecule has 0 bridgehead atoms. The molecule has 56 valence electrons. The van der Waals surface area contributed by atoms with E-state index in [2.05, 4.69) is 4.74 Å². The van der Waals surface area contributed by atoms with E-state index in [1.54, 1.807) is 0 Å². The van der Waals surface area contributed by atoms with Crippen LogP contribution in [0.1, 0.15) is 6.42 Å². The highest BCUT2D eigenvalue weighted by Crippen LogP contribution is 2.11. The van der Waals surface area contributed by atoms with E-state index >= 15 is 0 Å². The third-order valence-electron chi connectivity index (χ3n) is 1.21. The van der Waals surface area contributed by atoms with E-state index in [-0.39, 0.29) is 18.8 Å². The molecule has 2 N–H and O–H groups in total. The first-order chi connectivity index (χ1) is 4.72. The van der Waals surface area contributed by atoms with Gasteiger partial charge in [0.2, 0.25) is 0 Å². The van der Waals surface area contributed by atoms with Crippen molar-refractivity contribution in [2.24, 2.45) is 0 Å². The molecule has 1 atom stereocenters. The summed E-state index contributed by atoms with van der Waals surface area (Å²) in [5, 5.41) is 17.3. The molecule has 1 rings (SSSR count). The van der Waals surface area contributed by atoms with E-state index in [0.29, 0.717) is 0 Å². The summed E-state index contributed by atoms with van der Waals surface area (Å²) in [6.45, 7) is -0.246.